The maximum absolute atomic E-state index is 12.5. The molecule has 108 valence electrons. The Balaban J connectivity index is 2.28. The maximum atomic E-state index is 12.5. The van der Waals surface area contributed by atoms with Gasteiger partial charge in [-0.25, -0.2) is 0 Å². The zero-order valence-electron chi connectivity index (χ0n) is 10.1. The molecule has 1 aliphatic rings. The number of carbonyl (C=O) groups is 3. The maximum Gasteiger partial charge on any atom is 0.305 e. The van der Waals surface area contributed by atoms with Gasteiger partial charge < -0.3 is 15.3 Å². The highest BCUT2D eigenvalue weighted by Gasteiger charge is 2.36. The SMILES string of the molecule is O=C(O)CC1C(=O)NCCN1C(=O)c1cc(Br)sc1Br. The molecule has 1 atom stereocenters. The first kappa shape index (κ1) is 15.5. The third kappa shape index (κ3) is 3.21. The van der Waals surface area contributed by atoms with Gasteiger partial charge in [0.2, 0.25) is 5.91 Å². The summed E-state index contributed by atoms with van der Waals surface area (Å²) in [5, 5.41) is 11.5. The standard InChI is InChI=1S/C11H10Br2N2O4S/c12-7-3-5(9(13)20-7)11(19)15-2-1-14-10(18)6(15)4-8(16)17/h3,6H,1-2,4H2,(H,14,18)(H,16,17). The second-order valence-corrected chi connectivity index (χ2v) is 7.89. The summed E-state index contributed by atoms with van der Waals surface area (Å²) in [5.74, 6) is -1.90. The third-order valence-electron chi connectivity index (χ3n) is 2.85. The Hall–Kier alpha value is -0.930. The van der Waals surface area contributed by atoms with E-state index in [-0.39, 0.29) is 5.91 Å². The van der Waals surface area contributed by atoms with Crippen molar-refractivity contribution >= 4 is 61.0 Å². The van der Waals surface area contributed by atoms with Crippen LogP contribution in [0.4, 0.5) is 0 Å². The highest BCUT2D eigenvalue weighted by atomic mass is 79.9. The van der Waals surface area contributed by atoms with Crippen molar-refractivity contribution < 1.29 is 19.5 Å². The number of nitrogens with zero attached hydrogens (tertiary/aromatic N) is 1. The Bertz CT molecular complexity index is 575. The molecule has 1 aliphatic heterocycles. The first-order valence-electron chi connectivity index (χ1n) is 5.65. The molecule has 0 aliphatic carbocycles. The van der Waals surface area contributed by atoms with Crippen LogP contribution >= 0.6 is 43.2 Å². The summed E-state index contributed by atoms with van der Waals surface area (Å²) >= 11 is 7.93. The van der Waals surface area contributed by atoms with Gasteiger partial charge >= 0.3 is 5.97 Å². The number of carbonyl (C=O) groups excluding carboxylic acids is 2. The first-order valence-corrected chi connectivity index (χ1v) is 8.05. The Morgan fingerprint density at radius 1 is 1.50 bits per heavy atom. The monoisotopic (exact) mass is 424 g/mol. The number of carboxylic acids is 1. The summed E-state index contributed by atoms with van der Waals surface area (Å²) < 4.78 is 1.43. The Kier molecular flexibility index (Phi) is 4.82. The molecule has 2 N–H and O–H groups in total. The zero-order chi connectivity index (χ0) is 14.9. The molecule has 0 spiro atoms. The predicted octanol–water partition coefficient (Wildman–Crippen LogP) is 1.69. The van der Waals surface area contributed by atoms with E-state index in [2.05, 4.69) is 37.2 Å². The Morgan fingerprint density at radius 2 is 2.20 bits per heavy atom. The van der Waals surface area contributed by atoms with Crippen LogP contribution in [0.1, 0.15) is 16.8 Å². The number of thiophene rings is 1. The number of rotatable bonds is 3. The molecule has 9 heteroatoms. The molecule has 1 saturated heterocycles. The van der Waals surface area contributed by atoms with E-state index >= 15 is 0 Å². The summed E-state index contributed by atoms with van der Waals surface area (Å²) in [4.78, 5) is 36.4. The highest BCUT2D eigenvalue weighted by Crippen LogP contribution is 2.33. The lowest BCUT2D eigenvalue weighted by Crippen LogP contribution is -2.57. The molecule has 1 fully saturated rings. The zero-order valence-corrected chi connectivity index (χ0v) is 14.0. The minimum Gasteiger partial charge on any atom is -0.481 e. The molecule has 1 unspecified atom stereocenters. The van der Waals surface area contributed by atoms with Crippen LogP contribution in [0.15, 0.2) is 13.6 Å². The first-order chi connectivity index (χ1) is 9.40. The number of amides is 2. The van der Waals surface area contributed by atoms with Crippen molar-refractivity contribution in [2.75, 3.05) is 13.1 Å². The number of nitrogens with one attached hydrogen (secondary N) is 1. The van der Waals surface area contributed by atoms with Crippen LogP contribution in [0.25, 0.3) is 0 Å². The number of hydrogen-bond donors (Lipinski definition) is 2. The van der Waals surface area contributed by atoms with E-state index in [1.54, 1.807) is 6.07 Å². The van der Waals surface area contributed by atoms with Crippen molar-refractivity contribution in [2.45, 2.75) is 12.5 Å². The van der Waals surface area contributed by atoms with Gasteiger partial charge in [-0.05, 0) is 37.9 Å². The third-order valence-corrected chi connectivity index (χ3v) is 5.19. The average Bonchev–Trinajstić information content (AvgIpc) is 2.70. The van der Waals surface area contributed by atoms with E-state index in [1.807, 2.05) is 0 Å². The van der Waals surface area contributed by atoms with Crippen LogP contribution < -0.4 is 5.32 Å². The molecule has 1 aromatic rings. The van der Waals surface area contributed by atoms with Crippen LogP contribution in [0.2, 0.25) is 0 Å². The van der Waals surface area contributed by atoms with Gasteiger partial charge in [-0.1, -0.05) is 0 Å². The minimum atomic E-state index is -1.12. The molecule has 20 heavy (non-hydrogen) atoms. The van der Waals surface area contributed by atoms with E-state index in [0.717, 1.165) is 3.79 Å². The Labute approximate surface area is 135 Å². The fourth-order valence-electron chi connectivity index (χ4n) is 1.97. The van der Waals surface area contributed by atoms with Gasteiger partial charge in [0.25, 0.3) is 5.91 Å². The lowest BCUT2D eigenvalue weighted by atomic mass is 10.1. The quantitative estimate of drug-likeness (QED) is 0.771. The molecule has 2 heterocycles. The fraction of sp³-hybridized carbons (Fsp3) is 0.364. The molecule has 0 bridgehead atoms. The number of hydrogen-bond acceptors (Lipinski definition) is 4. The molecule has 0 saturated carbocycles. The summed E-state index contributed by atoms with van der Waals surface area (Å²) in [5.41, 5.74) is 0.423. The number of halogens is 2. The lowest BCUT2D eigenvalue weighted by molar-refractivity contribution is -0.142. The molecule has 0 aromatic carbocycles. The molecular weight excluding hydrogens is 416 g/mol. The molecular formula is C11H10Br2N2O4S. The van der Waals surface area contributed by atoms with Crippen molar-refractivity contribution in [1.29, 1.82) is 0 Å². The predicted molar refractivity (Wildman–Crippen MR) is 79.8 cm³/mol. The number of aliphatic carboxylic acids is 1. The van der Waals surface area contributed by atoms with E-state index < -0.39 is 24.3 Å². The van der Waals surface area contributed by atoms with Gasteiger partial charge in [-0.15, -0.1) is 11.3 Å². The average molecular weight is 426 g/mol. The smallest absolute Gasteiger partial charge is 0.305 e. The molecule has 6 nitrogen and oxygen atoms in total. The van der Waals surface area contributed by atoms with Crippen LogP contribution in [0.5, 0.6) is 0 Å². The van der Waals surface area contributed by atoms with Gasteiger partial charge in [0.1, 0.15) is 6.04 Å². The van der Waals surface area contributed by atoms with Crippen molar-refractivity contribution in [2.24, 2.45) is 0 Å². The highest BCUT2D eigenvalue weighted by molar-refractivity contribution is 9.12. The number of piperazine rings is 1. The van der Waals surface area contributed by atoms with E-state index in [0.29, 0.717) is 22.4 Å². The van der Waals surface area contributed by atoms with Crippen molar-refractivity contribution in [3.05, 3.63) is 19.2 Å². The van der Waals surface area contributed by atoms with Gasteiger partial charge in [-0.2, -0.15) is 0 Å². The molecule has 2 amide bonds. The van der Waals surface area contributed by atoms with Gasteiger partial charge in [0.05, 0.1) is 19.6 Å². The fourth-order valence-corrected chi connectivity index (χ4v) is 4.74. The second kappa shape index (κ2) is 6.23. The van der Waals surface area contributed by atoms with Crippen molar-refractivity contribution in [1.82, 2.24) is 10.2 Å². The van der Waals surface area contributed by atoms with Crippen LogP contribution in [0.3, 0.4) is 0 Å². The largest absolute Gasteiger partial charge is 0.481 e. The summed E-state index contributed by atoms with van der Waals surface area (Å²) in [6, 6.07) is 0.681. The summed E-state index contributed by atoms with van der Waals surface area (Å²) in [6.45, 7) is 0.617. The minimum absolute atomic E-state index is 0.294. The van der Waals surface area contributed by atoms with E-state index in [9.17, 15) is 14.4 Å². The normalized spacial score (nSPS) is 18.8. The molecule has 2 rings (SSSR count). The summed E-state index contributed by atoms with van der Waals surface area (Å²) in [7, 11) is 0. The molecule has 0 radical (unpaired) electrons. The van der Waals surface area contributed by atoms with Crippen molar-refractivity contribution in [3.63, 3.8) is 0 Å². The van der Waals surface area contributed by atoms with Crippen LogP contribution in [-0.2, 0) is 9.59 Å². The summed E-state index contributed by atoms with van der Waals surface area (Å²) in [6.07, 6.45) is -0.402. The second-order valence-electron chi connectivity index (χ2n) is 4.14. The topological polar surface area (TPSA) is 86.7 Å². The number of carboxylic acid groups (broad SMARTS) is 1. The van der Waals surface area contributed by atoms with Gasteiger partial charge in [0.15, 0.2) is 0 Å². The van der Waals surface area contributed by atoms with E-state index in [1.165, 1.54) is 16.2 Å². The lowest BCUT2D eigenvalue weighted by Gasteiger charge is -2.34. The van der Waals surface area contributed by atoms with Crippen molar-refractivity contribution in [3.8, 4) is 0 Å². The van der Waals surface area contributed by atoms with Crippen LogP contribution in [-0.4, -0.2) is 46.9 Å². The van der Waals surface area contributed by atoms with Gasteiger partial charge in [-0.3, -0.25) is 14.4 Å². The van der Waals surface area contributed by atoms with Crippen LogP contribution in [0, 0.1) is 0 Å². The van der Waals surface area contributed by atoms with E-state index in [4.69, 9.17) is 5.11 Å². The molecule has 1 aromatic heterocycles. The Morgan fingerprint density at radius 3 is 2.75 bits per heavy atom. The van der Waals surface area contributed by atoms with Gasteiger partial charge in [0, 0.05) is 13.1 Å².